The summed E-state index contributed by atoms with van der Waals surface area (Å²) in [6.07, 6.45) is 1.55. The lowest BCUT2D eigenvalue weighted by Crippen LogP contribution is -2.46. The van der Waals surface area contributed by atoms with E-state index in [0.717, 1.165) is 36.4 Å². The van der Waals surface area contributed by atoms with Crippen LogP contribution in [0, 0.1) is 10.1 Å². The number of pyridine rings is 1. The third-order valence-corrected chi connectivity index (χ3v) is 11.1. The standard InChI is InChI=1S/C43H39ClN6O7S/c44-33-18-16-31(17-19-33)36-12-5-4-9-32(36)30-48-24-26-49(27-25-48)34-20-21-37(39(29-34)57-35-10-2-1-3-11-35)43(51)47-58(54,55)40-14-8-13-38(50(52)53)42(40)46-23-28-56-41-15-6-7-22-45-41/h1-22,29,46H,23-28,30H2,(H,47,51). The Balaban J connectivity index is 1.08. The van der Waals surface area contributed by atoms with E-state index in [2.05, 4.69) is 37.0 Å². The maximum absolute atomic E-state index is 13.9. The van der Waals surface area contributed by atoms with E-state index in [1.807, 2.05) is 42.5 Å². The number of nitrogens with one attached hydrogen (secondary N) is 2. The van der Waals surface area contributed by atoms with Crippen LogP contribution in [0.1, 0.15) is 15.9 Å². The molecule has 1 fully saturated rings. The van der Waals surface area contributed by atoms with E-state index in [1.54, 1.807) is 60.8 Å². The van der Waals surface area contributed by atoms with Crippen molar-refractivity contribution in [3.8, 4) is 28.5 Å². The Morgan fingerprint density at radius 2 is 1.59 bits per heavy atom. The molecule has 58 heavy (non-hydrogen) atoms. The summed E-state index contributed by atoms with van der Waals surface area (Å²) in [7, 11) is -4.66. The number of hydrogen-bond donors (Lipinski definition) is 2. The van der Waals surface area contributed by atoms with Gasteiger partial charge in [0.25, 0.3) is 21.6 Å². The summed E-state index contributed by atoms with van der Waals surface area (Å²) >= 11 is 6.14. The second kappa shape index (κ2) is 18.2. The van der Waals surface area contributed by atoms with Crippen molar-refractivity contribution in [1.29, 1.82) is 0 Å². The van der Waals surface area contributed by atoms with Crippen LogP contribution in [0.5, 0.6) is 17.4 Å². The van der Waals surface area contributed by atoms with E-state index in [9.17, 15) is 23.3 Å². The third kappa shape index (κ3) is 9.72. The van der Waals surface area contributed by atoms with Crippen molar-refractivity contribution in [3.05, 3.63) is 166 Å². The molecule has 5 aromatic carbocycles. The normalized spacial score (nSPS) is 13.1. The van der Waals surface area contributed by atoms with Crippen molar-refractivity contribution in [1.82, 2.24) is 14.6 Å². The molecule has 1 aliphatic rings. The molecule has 2 heterocycles. The molecule has 0 saturated carbocycles. The number of amides is 1. The highest BCUT2D eigenvalue weighted by molar-refractivity contribution is 7.90. The zero-order valence-corrected chi connectivity index (χ0v) is 32.7. The number of halogens is 1. The van der Waals surface area contributed by atoms with Crippen LogP contribution in [0.15, 0.2) is 145 Å². The summed E-state index contributed by atoms with van der Waals surface area (Å²) in [5, 5.41) is 15.5. The Labute approximate surface area is 341 Å². The lowest BCUT2D eigenvalue weighted by Gasteiger charge is -2.36. The van der Waals surface area contributed by atoms with Crippen LogP contribution < -0.4 is 24.4 Å². The average molecular weight is 819 g/mol. The van der Waals surface area contributed by atoms with Gasteiger partial charge >= 0.3 is 0 Å². The van der Waals surface area contributed by atoms with Crippen LogP contribution in [0.25, 0.3) is 11.1 Å². The Hall–Kier alpha value is -6.48. The number of ether oxygens (including phenoxy) is 2. The number of piperazine rings is 1. The fourth-order valence-corrected chi connectivity index (χ4v) is 7.93. The number of carbonyl (C=O) groups is 1. The number of nitro benzene ring substituents is 1. The van der Waals surface area contributed by atoms with Crippen molar-refractivity contribution in [2.24, 2.45) is 0 Å². The summed E-state index contributed by atoms with van der Waals surface area (Å²) in [6, 6.07) is 38.7. The molecule has 0 spiro atoms. The summed E-state index contributed by atoms with van der Waals surface area (Å²) in [4.78, 5) is 33.3. The molecule has 1 amide bonds. The molecule has 15 heteroatoms. The van der Waals surface area contributed by atoms with E-state index in [0.29, 0.717) is 29.7 Å². The molecule has 0 bridgehead atoms. The minimum Gasteiger partial charge on any atom is -0.476 e. The Morgan fingerprint density at radius 3 is 2.33 bits per heavy atom. The van der Waals surface area contributed by atoms with Crippen LogP contribution in [-0.4, -0.2) is 68.5 Å². The predicted molar refractivity (Wildman–Crippen MR) is 223 cm³/mol. The largest absolute Gasteiger partial charge is 0.476 e. The number of rotatable bonds is 15. The maximum atomic E-state index is 13.9. The number of para-hydroxylation sites is 2. The first-order valence-corrected chi connectivity index (χ1v) is 20.3. The van der Waals surface area contributed by atoms with Crippen molar-refractivity contribution in [2.75, 3.05) is 49.5 Å². The van der Waals surface area contributed by atoms with E-state index in [4.69, 9.17) is 21.1 Å². The highest BCUT2D eigenvalue weighted by Gasteiger charge is 2.29. The quantitative estimate of drug-likeness (QED) is 0.0588. The zero-order valence-electron chi connectivity index (χ0n) is 31.2. The van der Waals surface area contributed by atoms with E-state index in [-0.39, 0.29) is 30.2 Å². The molecule has 1 saturated heterocycles. The van der Waals surface area contributed by atoms with Crippen molar-refractivity contribution in [3.63, 3.8) is 0 Å². The average Bonchev–Trinajstić information content (AvgIpc) is 3.23. The Kier molecular flexibility index (Phi) is 12.5. The molecular formula is C43H39ClN6O7S. The van der Waals surface area contributed by atoms with Gasteiger partial charge in [0.2, 0.25) is 5.88 Å². The number of benzene rings is 5. The van der Waals surface area contributed by atoms with E-state index in [1.165, 1.54) is 29.8 Å². The van der Waals surface area contributed by atoms with Gasteiger partial charge in [-0.25, -0.2) is 18.1 Å². The Bertz CT molecular complexity index is 2490. The third-order valence-electron chi connectivity index (χ3n) is 9.49. The minimum atomic E-state index is -4.66. The topological polar surface area (TPSA) is 156 Å². The van der Waals surface area contributed by atoms with Gasteiger partial charge in [0.05, 0.1) is 10.5 Å². The van der Waals surface area contributed by atoms with Crippen LogP contribution in [0.2, 0.25) is 5.02 Å². The molecule has 6 aromatic rings. The summed E-state index contributed by atoms with van der Waals surface area (Å²) in [5.41, 5.74) is 3.44. The highest BCUT2D eigenvalue weighted by Crippen LogP contribution is 2.34. The SMILES string of the molecule is O=C(NS(=O)(=O)c1cccc([N+](=O)[O-])c1NCCOc1ccccn1)c1ccc(N2CCN(Cc3ccccc3-c3ccc(Cl)cc3)CC2)cc1Oc1ccccc1. The fraction of sp³-hybridized carbons (Fsp3) is 0.163. The maximum Gasteiger partial charge on any atom is 0.293 e. The first-order valence-electron chi connectivity index (χ1n) is 18.4. The first-order chi connectivity index (χ1) is 28.1. The molecule has 1 aliphatic heterocycles. The van der Waals surface area contributed by atoms with Crippen LogP contribution in [0.3, 0.4) is 0 Å². The van der Waals surface area contributed by atoms with Crippen LogP contribution in [0.4, 0.5) is 17.1 Å². The number of aromatic nitrogens is 1. The fourth-order valence-electron chi connectivity index (χ4n) is 6.64. The van der Waals surface area contributed by atoms with Gasteiger partial charge in [-0.05, 0) is 65.2 Å². The van der Waals surface area contributed by atoms with E-state index < -0.39 is 31.4 Å². The van der Waals surface area contributed by atoms with Crippen LogP contribution in [-0.2, 0) is 16.6 Å². The lowest BCUT2D eigenvalue weighted by molar-refractivity contribution is -0.384. The number of sulfonamides is 1. The van der Waals surface area contributed by atoms with Crippen molar-refractivity contribution < 1.29 is 27.6 Å². The minimum absolute atomic E-state index is 0.000616. The molecule has 296 valence electrons. The number of hydrogen-bond acceptors (Lipinski definition) is 11. The molecule has 0 unspecified atom stereocenters. The van der Waals surface area contributed by atoms with Gasteiger partial charge in [-0.15, -0.1) is 0 Å². The van der Waals surface area contributed by atoms with Gasteiger partial charge in [0.15, 0.2) is 0 Å². The number of nitro groups is 1. The Morgan fingerprint density at radius 1 is 0.845 bits per heavy atom. The number of nitrogens with zero attached hydrogens (tertiary/aromatic N) is 4. The van der Waals surface area contributed by atoms with Gasteiger partial charge in [0, 0.05) is 74.4 Å². The first kappa shape index (κ1) is 39.7. The van der Waals surface area contributed by atoms with E-state index >= 15 is 0 Å². The van der Waals surface area contributed by atoms with Gasteiger partial charge < -0.3 is 19.7 Å². The molecular weight excluding hydrogens is 780 g/mol. The van der Waals surface area contributed by atoms with Crippen LogP contribution >= 0.6 is 11.6 Å². The van der Waals surface area contributed by atoms with Gasteiger partial charge in [-0.2, -0.15) is 0 Å². The molecule has 2 N–H and O–H groups in total. The van der Waals surface area contributed by atoms with Crippen molar-refractivity contribution >= 4 is 44.6 Å². The molecule has 13 nitrogen and oxygen atoms in total. The second-order valence-corrected chi connectivity index (χ2v) is 15.4. The molecule has 7 rings (SSSR count). The monoisotopic (exact) mass is 818 g/mol. The zero-order chi connectivity index (χ0) is 40.5. The van der Waals surface area contributed by atoms with Gasteiger partial charge in [0.1, 0.15) is 28.7 Å². The van der Waals surface area contributed by atoms with Crippen molar-refractivity contribution in [2.45, 2.75) is 11.4 Å². The van der Waals surface area contributed by atoms with Gasteiger partial charge in [-0.3, -0.25) is 19.8 Å². The summed E-state index contributed by atoms with van der Waals surface area (Å²) < 4.78 is 41.5. The predicted octanol–water partition coefficient (Wildman–Crippen LogP) is 8.03. The molecule has 0 aliphatic carbocycles. The summed E-state index contributed by atoms with van der Waals surface area (Å²) in [5.74, 6) is -0.0580. The number of carbonyl (C=O) groups excluding carboxylic acids is 1. The smallest absolute Gasteiger partial charge is 0.293 e. The van der Waals surface area contributed by atoms with Gasteiger partial charge in [-0.1, -0.05) is 78.3 Å². The highest BCUT2D eigenvalue weighted by atomic mass is 35.5. The summed E-state index contributed by atoms with van der Waals surface area (Å²) in [6.45, 7) is 3.74. The lowest BCUT2D eigenvalue weighted by atomic mass is 9.99. The number of anilines is 2. The molecule has 0 atom stereocenters. The molecule has 0 radical (unpaired) electrons. The second-order valence-electron chi connectivity index (χ2n) is 13.3. The molecule has 1 aromatic heterocycles.